The molecule has 3 rings (SSSR count). The van der Waals surface area contributed by atoms with Gasteiger partial charge in [0.15, 0.2) is 5.11 Å². The van der Waals surface area contributed by atoms with Crippen LogP contribution >= 0.6 is 28.1 Å². The van der Waals surface area contributed by atoms with Crippen LogP contribution in [-0.2, 0) is 10.0 Å². The Kier molecular flexibility index (Phi) is 8.04. The van der Waals surface area contributed by atoms with Crippen LogP contribution in [0.4, 0.5) is 5.69 Å². The van der Waals surface area contributed by atoms with Crippen molar-refractivity contribution in [3.63, 3.8) is 0 Å². The van der Waals surface area contributed by atoms with Crippen LogP contribution in [0.5, 0.6) is 5.75 Å². The molecule has 0 atom stereocenters. The smallest absolute Gasteiger partial charge is 0.257 e. The summed E-state index contributed by atoms with van der Waals surface area (Å²) < 4.78 is 33.8. The van der Waals surface area contributed by atoms with Crippen molar-refractivity contribution in [2.24, 2.45) is 0 Å². The number of amides is 1. The number of anilines is 1. The molecular formula is C21H24BrN3O4S2. The molecule has 10 heteroatoms. The Morgan fingerprint density at radius 2 is 1.77 bits per heavy atom. The molecule has 0 aliphatic heterocycles. The number of sulfonamides is 1. The molecule has 0 spiro atoms. The lowest BCUT2D eigenvalue weighted by atomic mass is 9.96. The first-order valence-electron chi connectivity index (χ1n) is 9.87. The average molecular weight is 526 g/mol. The molecule has 0 heterocycles. The zero-order valence-electron chi connectivity index (χ0n) is 17.0. The minimum absolute atomic E-state index is 0.00247. The van der Waals surface area contributed by atoms with Gasteiger partial charge in [-0.2, -0.15) is 0 Å². The van der Waals surface area contributed by atoms with Crippen molar-refractivity contribution in [3.05, 3.63) is 52.5 Å². The van der Waals surface area contributed by atoms with E-state index in [9.17, 15) is 13.2 Å². The molecule has 2 aromatic carbocycles. The SMILES string of the molecule is COc1ccc(C(=O)NC(=S)Nc2ccc(S(=O)(=O)NC3CCCCC3)cc2)cc1Br. The van der Waals surface area contributed by atoms with Crippen molar-refractivity contribution >= 4 is 54.9 Å². The lowest BCUT2D eigenvalue weighted by molar-refractivity contribution is 0.0977. The monoisotopic (exact) mass is 525 g/mol. The normalized spacial score (nSPS) is 14.6. The van der Waals surface area contributed by atoms with Gasteiger partial charge in [0.25, 0.3) is 5.91 Å². The van der Waals surface area contributed by atoms with Crippen molar-refractivity contribution in [3.8, 4) is 5.75 Å². The molecule has 0 saturated heterocycles. The standard InChI is InChI=1S/C21H24BrN3O4S2/c1-29-19-12-7-14(13-18(19)22)20(26)24-21(30)23-15-8-10-17(11-9-15)31(27,28)25-16-5-3-2-4-6-16/h7-13,16,25H,2-6H2,1H3,(H2,23,24,26,30). The van der Waals surface area contributed by atoms with Crippen LogP contribution in [0.15, 0.2) is 51.8 Å². The summed E-state index contributed by atoms with van der Waals surface area (Å²) >= 11 is 8.54. The third kappa shape index (κ3) is 6.49. The van der Waals surface area contributed by atoms with E-state index in [1.165, 1.54) is 12.1 Å². The fourth-order valence-corrected chi connectivity index (χ4v) is 5.43. The quantitative estimate of drug-likeness (QED) is 0.489. The molecule has 31 heavy (non-hydrogen) atoms. The van der Waals surface area contributed by atoms with E-state index in [4.69, 9.17) is 17.0 Å². The van der Waals surface area contributed by atoms with Crippen LogP contribution in [0.2, 0.25) is 0 Å². The Bertz CT molecular complexity index is 1050. The number of hydrogen-bond donors (Lipinski definition) is 3. The number of rotatable bonds is 6. The molecular weight excluding hydrogens is 502 g/mol. The summed E-state index contributed by atoms with van der Waals surface area (Å²) in [6.45, 7) is 0. The molecule has 3 N–H and O–H groups in total. The Hall–Kier alpha value is -2.01. The molecule has 0 unspecified atom stereocenters. The molecule has 1 fully saturated rings. The second-order valence-corrected chi connectivity index (χ2v) is 10.2. The highest BCUT2D eigenvalue weighted by atomic mass is 79.9. The molecule has 0 radical (unpaired) electrons. The highest BCUT2D eigenvalue weighted by Crippen LogP contribution is 2.25. The van der Waals surface area contributed by atoms with Gasteiger partial charge >= 0.3 is 0 Å². The first-order chi connectivity index (χ1) is 14.8. The second-order valence-electron chi connectivity index (χ2n) is 7.24. The zero-order chi connectivity index (χ0) is 22.4. The Morgan fingerprint density at radius 3 is 2.39 bits per heavy atom. The molecule has 1 amide bonds. The van der Waals surface area contributed by atoms with E-state index < -0.39 is 10.0 Å². The number of benzene rings is 2. The van der Waals surface area contributed by atoms with Gasteiger partial charge in [0.1, 0.15) is 5.75 Å². The number of nitrogens with one attached hydrogen (secondary N) is 3. The second kappa shape index (κ2) is 10.5. The number of ether oxygens (including phenoxy) is 1. The highest BCUT2D eigenvalue weighted by Gasteiger charge is 2.21. The summed E-state index contributed by atoms with van der Waals surface area (Å²) in [6, 6.07) is 11.2. The molecule has 2 aromatic rings. The Morgan fingerprint density at radius 1 is 1.10 bits per heavy atom. The average Bonchev–Trinajstić information content (AvgIpc) is 2.74. The molecule has 1 aliphatic carbocycles. The maximum Gasteiger partial charge on any atom is 0.257 e. The molecule has 0 aromatic heterocycles. The lowest BCUT2D eigenvalue weighted by Gasteiger charge is -2.22. The first kappa shape index (κ1) is 23.6. The molecule has 0 bridgehead atoms. The largest absolute Gasteiger partial charge is 0.496 e. The predicted molar refractivity (Wildman–Crippen MR) is 128 cm³/mol. The summed E-state index contributed by atoms with van der Waals surface area (Å²) in [6.07, 6.45) is 5.00. The summed E-state index contributed by atoms with van der Waals surface area (Å²) in [5.74, 6) is 0.238. The summed E-state index contributed by atoms with van der Waals surface area (Å²) in [7, 11) is -2.02. The van der Waals surface area contributed by atoms with Crippen molar-refractivity contribution < 1.29 is 17.9 Å². The van der Waals surface area contributed by atoms with E-state index in [1.807, 2.05) is 0 Å². The van der Waals surface area contributed by atoms with E-state index in [0.29, 0.717) is 21.5 Å². The zero-order valence-corrected chi connectivity index (χ0v) is 20.2. The number of thiocarbonyl (C=S) groups is 1. The molecule has 7 nitrogen and oxygen atoms in total. The fraction of sp³-hybridized carbons (Fsp3) is 0.333. The Labute approximate surface area is 196 Å². The number of methoxy groups -OCH3 is 1. The summed E-state index contributed by atoms with van der Waals surface area (Å²) in [4.78, 5) is 12.6. The number of carbonyl (C=O) groups excluding carboxylic acids is 1. The van der Waals surface area contributed by atoms with E-state index in [2.05, 4.69) is 31.3 Å². The van der Waals surface area contributed by atoms with Crippen molar-refractivity contribution in [1.82, 2.24) is 10.0 Å². The van der Waals surface area contributed by atoms with Crippen LogP contribution in [0.1, 0.15) is 42.5 Å². The highest BCUT2D eigenvalue weighted by molar-refractivity contribution is 9.10. The van der Waals surface area contributed by atoms with Crippen LogP contribution in [0.3, 0.4) is 0 Å². The van der Waals surface area contributed by atoms with Gasteiger partial charge < -0.3 is 10.1 Å². The van der Waals surface area contributed by atoms with Gasteiger partial charge in [-0.25, -0.2) is 13.1 Å². The minimum atomic E-state index is -3.57. The van der Waals surface area contributed by atoms with Gasteiger partial charge in [0.05, 0.1) is 16.5 Å². The number of carbonyl (C=O) groups is 1. The Balaban J connectivity index is 1.58. The van der Waals surface area contributed by atoms with Gasteiger partial charge in [-0.15, -0.1) is 0 Å². The fourth-order valence-electron chi connectivity index (χ4n) is 3.37. The maximum absolute atomic E-state index is 12.6. The van der Waals surface area contributed by atoms with E-state index in [-0.39, 0.29) is 22.0 Å². The van der Waals surface area contributed by atoms with Crippen molar-refractivity contribution in [2.75, 3.05) is 12.4 Å². The van der Waals surface area contributed by atoms with Crippen LogP contribution in [0, 0.1) is 0 Å². The first-order valence-corrected chi connectivity index (χ1v) is 12.6. The van der Waals surface area contributed by atoms with Gasteiger partial charge in [0, 0.05) is 17.3 Å². The van der Waals surface area contributed by atoms with Gasteiger partial charge in [-0.05, 0) is 83.5 Å². The van der Waals surface area contributed by atoms with Gasteiger partial charge in [-0.1, -0.05) is 19.3 Å². The summed E-state index contributed by atoms with van der Waals surface area (Å²) in [5.41, 5.74) is 0.977. The van der Waals surface area contributed by atoms with Crippen LogP contribution in [-0.4, -0.2) is 32.6 Å². The van der Waals surface area contributed by atoms with Crippen LogP contribution in [0.25, 0.3) is 0 Å². The van der Waals surface area contributed by atoms with Crippen LogP contribution < -0.4 is 20.1 Å². The maximum atomic E-state index is 12.6. The molecule has 166 valence electrons. The lowest BCUT2D eigenvalue weighted by Crippen LogP contribution is -2.36. The van der Waals surface area contributed by atoms with Gasteiger partial charge in [-0.3, -0.25) is 10.1 Å². The number of halogens is 1. The predicted octanol–water partition coefficient (Wildman–Crippen LogP) is 4.20. The van der Waals surface area contributed by atoms with Crippen molar-refractivity contribution in [2.45, 2.75) is 43.0 Å². The van der Waals surface area contributed by atoms with E-state index >= 15 is 0 Å². The topological polar surface area (TPSA) is 96.5 Å². The summed E-state index contributed by atoms with van der Waals surface area (Å²) in [5, 5.41) is 5.59. The van der Waals surface area contributed by atoms with Gasteiger partial charge in [0.2, 0.25) is 10.0 Å². The number of hydrogen-bond acceptors (Lipinski definition) is 5. The third-order valence-corrected chi connectivity index (χ3v) is 7.35. The van der Waals surface area contributed by atoms with E-state index in [0.717, 1.165) is 32.1 Å². The third-order valence-electron chi connectivity index (χ3n) is 4.99. The molecule has 1 saturated carbocycles. The molecule has 1 aliphatic rings. The van der Waals surface area contributed by atoms with Crippen molar-refractivity contribution in [1.29, 1.82) is 0 Å². The van der Waals surface area contributed by atoms with E-state index in [1.54, 1.807) is 37.4 Å². The minimum Gasteiger partial charge on any atom is -0.496 e.